The second kappa shape index (κ2) is 5.40. The number of rotatable bonds is 2. The van der Waals surface area contributed by atoms with Gasteiger partial charge in [-0.1, -0.05) is 0 Å². The van der Waals surface area contributed by atoms with Crippen LogP contribution in [-0.2, 0) is 6.42 Å². The second-order valence-corrected chi connectivity index (χ2v) is 5.84. The number of halogens is 1. The highest BCUT2D eigenvalue weighted by molar-refractivity contribution is 9.10. The number of piperidine rings is 1. The Bertz CT molecular complexity index is 411. The Kier molecular flexibility index (Phi) is 4.10. The maximum absolute atomic E-state index is 9.75. The van der Waals surface area contributed by atoms with Gasteiger partial charge >= 0.3 is 0 Å². The van der Waals surface area contributed by atoms with Crippen LogP contribution < -0.4 is 5.32 Å². The Morgan fingerprint density at radius 3 is 2.88 bits per heavy atom. The van der Waals surface area contributed by atoms with Crippen molar-refractivity contribution in [2.75, 3.05) is 13.1 Å². The van der Waals surface area contributed by atoms with E-state index in [1.165, 1.54) is 29.5 Å². The molecule has 1 atom stereocenters. The fourth-order valence-electron chi connectivity index (χ4n) is 2.68. The summed E-state index contributed by atoms with van der Waals surface area (Å²) in [6.07, 6.45) is 3.70. The maximum Gasteiger partial charge on any atom is 0.130 e. The van der Waals surface area contributed by atoms with E-state index in [0.717, 1.165) is 29.9 Å². The van der Waals surface area contributed by atoms with E-state index < -0.39 is 0 Å². The molecule has 0 aromatic heterocycles. The first kappa shape index (κ1) is 12.9. The molecule has 2 N–H and O–H groups in total. The molecule has 1 saturated heterocycles. The molecule has 1 heterocycles. The zero-order valence-electron chi connectivity index (χ0n) is 10.5. The van der Waals surface area contributed by atoms with Crippen molar-refractivity contribution >= 4 is 15.9 Å². The van der Waals surface area contributed by atoms with Gasteiger partial charge in [0, 0.05) is 0 Å². The van der Waals surface area contributed by atoms with E-state index in [4.69, 9.17) is 0 Å². The average molecular weight is 298 g/mol. The molecule has 0 radical (unpaired) electrons. The van der Waals surface area contributed by atoms with Crippen molar-refractivity contribution in [3.63, 3.8) is 0 Å². The van der Waals surface area contributed by atoms with Crippen molar-refractivity contribution in [1.82, 2.24) is 5.32 Å². The summed E-state index contributed by atoms with van der Waals surface area (Å²) in [5, 5.41) is 13.2. The molecule has 0 bridgehead atoms. The van der Waals surface area contributed by atoms with Gasteiger partial charge in [0.25, 0.3) is 0 Å². The van der Waals surface area contributed by atoms with Gasteiger partial charge in [-0.2, -0.15) is 0 Å². The summed E-state index contributed by atoms with van der Waals surface area (Å²) >= 11 is 3.46. The Balaban J connectivity index is 2.22. The van der Waals surface area contributed by atoms with Gasteiger partial charge in [0.05, 0.1) is 4.47 Å². The first-order valence-electron chi connectivity index (χ1n) is 6.28. The predicted octanol–water partition coefficient (Wildman–Crippen LogP) is 3.31. The molecule has 1 unspecified atom stereocenters. The number of benzene rings is 1. The van der Waals surface area contributed by atoms with E-state index in [2.05, 4.69) is 35.1 Å². The quantitative estimate of drug-likeness (QED) is 0.878. The van der Waals surface area contributed by atoms with Gasteiger partial charge in [0.2, 0.25) is 0 Å². The molecule has 0 aliphatic carbocycles. The zero-order valence-corrected chi connectivity index (χ0v) is 12.1. The molecular formula is C14H20BrNO. The summed E-state index contributed by atoms with van der Waals surface area (Å²) in [5.74, 6) is 1.09. The van der Waals surface area contributed by atoms with Crippen molar-refractivity contribution in [2.24, 2.45) is 5.92 Å². The third kappa shape index (κ3) is 2.83. The van der Waals surface area contributed by atoms with Gasteiger partial charge in [-0.15, -0.1) is 0 Å². The fourth-order valence-corrected chi connectivity index (χ4v) is 3.03. The van der Waals surface area contributed by atoms with Crippen molar-refractivity contribution in [1.29, 1.82) is 0 Å². The predicted molar refractivity (Wildman–Crippen MR) is 74.6 cm³/mol. The second-order valence-electron chi connectivity index (χ2n) is 5.05. The maximum atomic E-state index is 9.75. The minimum absolute atomic E-state index is 0.352. The van der Waals surface area contributed by atoms with Crippen LogP contribution in [0.15, 0.2) is 10.5 Å². The minimum Gasteiger partial charge on any atom is -0.507 e. The van der Waals surface area contributed by atoms with E-state index >= 15 is 0 Å². The highest BCUT2D eigenvalue weighted by Gasteiger charge is 2.17. The van der Waals surface area contributed by atoms with Gasteiger partial charge in [-0.05, 0) is 90.8 Å². The van der Waals surface area contributed by atoms with Crippen LogP contribution >= 0.6 is 15.9 Å². The topological polar surface area (TPSA) is 32.3 Å². The van der Waals surface area contributed by atoms with Crippen LogP contribution in [-0.4, -0.2) is 18.2 Å². The van der Waals surface area contributed by atoms with Gasteiger partial charge in [-0.3, -0.25) is 0 Å². The van der Waals surface area contributed by atoms with E-state index in [9.17, 15) is 5.11 Å². The minimum atomic E-state index is 0.352. The third-order valence-electron chi connectivity index (χ3n) is 3.73. The fraction of sp³-hybridized carbons (Fsp3) is 0.571. The van der Waals surface area contributed by atoms with E-state index in [0.29, 0.717) is 5.75 Å². The summed E-state index contributed by atoms with van der Waals surface area (Å²) in [4.78, 5) is 0. The number of hydrogen-bond donors (Lipinski definition) is 2. The first-order valence-corrected chi connectivity index (χ1v) is 7.07. The van der Waals surface area contributed by atoms with E-state index in [-0.39, 0.29) is 0 Å². The molecule has 17 heavy (non-hydrogen) atoms. The normalized spacial score (nSPS) is 20.5. The van der Waals surface area contributed by atoms with Gasteiger partial charge in [-0.25, -0.2) is 0 Å². The molecule has 1 aromatic carbocycles. The molecule has 1 fully saturated rings. The Hall–Kier alpha value is -0.540. The number of nitrogens with one attached hydrogen (secondary N) is 1. The molecular weight excluding hydrogens is 278 g/mol. The molecule has 2 nitrogen and oxygen atoms in total. The summed E-state index contributed by atoms with van der Waals surface area (Å²) in [6, 6.07) is 1.86. The summed E-state index contributed by atoms with van der Waals surface area (Å²) in [7, 11) is 0. The number of phenols is 1. The Morgan fingerprint density at radius 2 is 2.24 bits per heavy atom. The van der Waals surface area contributed by atoms with Gasteiger partial charge < -0.3 is 10.4 Å². The lowest BCUT2D eigenvalue weighted by molar-refractivity contribution is 0.375. The highest BCUT2D eigenvalue weighted by atomic mass is 79.9. The smallest absolute Gasteiger partial charge is 0.130 e. The van der Waals surface area contributed by atoms with Gasteiger partial charge in [0.15, 0.2) is 0 Å². The van der Waals surface area contributed by atoms with Crippen molar-refractivity contribution in [2.45, 2.75) is 33.1 Å². The molecule has 0 amide bonds. The molecule has 1 aliphatic rings. The number of aryl methyl sites for hydroxylation is 1. The number of phenolic OH excluding ortho intramolecular Hbond substituents is 1. The van der Waals surface area contributed by atoms with E-state index in [1.807, 2.05) is 6.07 Å². The standard InChI is InChI=1S/C14H20BrNO/c1-9-6-13(17)14(15)10(2)12(9)7-11-4-3-5-16-8-11/h6,11,16-17H,3-5,7-8H2,1-2H3. The van der Waals surface area contributed by atoms with Crippen LogP contribution in [0.2, 0.25) is 0 Å². The molecule has 2 rings (SSSR count). The molecule has 1 aromatic rings. The highest BCUT2D eigenvalue weighted by Crippen LogP contribution is 2.33. The summed E-state index contributed by atoms with van der Waals surface area (Å²) in [6.45, 7) is 6.46. The average Bonchev–Trinajstić information content (AvgIpc) is 2.33. The van der Waals surface area contributed by atoms with Crippen LogP contribution in [0.5, 0.6) is 5.75 Å². The van der Waals surface area contributed by atoms with Crippen LogP contribution in [0.4, 0.5) is 0 Å². The molecule has 3 heteroatoms. The number of hydrogen-bond acceptors (Lipinski definition) is 2. The van der Waals surface area contributed by atoms with Crippen LogP contribution in [0.3, 0.4) is 0 Å². The third-order valence-corrected chi connectivity index (χ3v) is 4.73. The molecule has 1 aliphatic heterocycles. The lowest BCUT2D eigenvalue weighted by Crippen LogP contribution is -2.31. The molecule has 94 valence electrons. The van der Waals surface area contributed by atoms with Crippen molar-refractivity contribution < 1.29 is 5.11 Å². The van der Waals surface area contributed by atoms with Crippen LogP contribution in [0.25, 0.3) is 0 Å². The molecule has 0 saturated carbocycles. The SMILES string of the molecule is Cc1cc(O)c(Br)c(C)c1CC1CCCNC1. The largest absolute Gasteiger partial charge is 0.507 e. The summed E-state index contributed by atoms with van der Waals surface area (Å²) in [5.41, 5.74) is 3.78. The summed E-state index contributed by atoms with van der Waals surface area (Å²) < 4.78 is 0.849. The monoisotopic (exact) mass is 297 g/mol. The molecule has 0 spiro atoms. The lowest BCUT2D eigenvalue weighted by atomic mass is 9.88. The first-order chi connectivity index (χ1) is 8.09. The van der Waals surface area contributed by atoms with Crippen LogP contribution in [0.1, 0.15) is 29.5 Å². The van der Waals surface area contributed by atoms with Gasteiger partial charge in [0.1, 0.15) is 5.75 Å². The van der Waals surface area contributed by atoms with E-state index in [1.54, 1.807) is 0 Å². The van der Waals surface area contributed by atoms with Crippen LogP contribution in [0, 0.1) is 19.8 Å². The Morgan fingerprint density at radius 1 is 1.47 bits per heavy atom. The van der Waals surface area contributed by atoms with Crippen molar-refractivity contribution in [3.05, 3.63) is 27.2 Å². The Labute approximate surface area is 112 Å². The zero-order chi connectivity index (χ0) is 12.4. The lowest BCUT2D eigenvalue weighted by Gasteiger charge is -2.24. The number of aromatic hydroxyl groups is 1. The van der Waals surface area contributed by atoms with Crippen molar-refractivity contribution in [3.8, 4) is 5.75 Å².